The molecule has 1 amide bonds. The molecule has 1 aliphatic heterocycles. The van der Waals surface area contributed by atoms with E-state index in [2.05, 4.69) is 4.98 Å². The van der Waals surface area contributed by atoms with E-state index >= 15 is 0 Å². The number of ketones is 1. The lowest BCUT2D eigenvalue weighted by Gasteiger charge is -2.26. The molecule has 3 heterocycles. The Morgan fingerprint density at radius 2 is 1.93 bits per heavy atom. The smallest absolute Gasteiger partial charge is 0.290 e. The van der Waals surface area contributed by atoms with Crippen LogP contribution in [-0.2, 0) is 11.2 Å². The van der Waals surface area contributed by atoms with Crippen molar-refractivity contribution in [3.8, 4) is 0 Å². The molecule has 29 heavy (non-hydrogen) atoms. The van der Waals surface area contributed by atoms with Crippen LogP contribution in [-0.4, -0.2) is 33.2 Å². The molecular formula is C23H20N2O4. The normalized spacial score (nSPS) is 16.5. The summed E-state index contributed by atoms with van der Waals surface area (Å²) in [5.41, 5.74) is 1.74. The van der Waals surface area contributed by atoms with E-state index < -0.39 is 23.5 Å². The van der Waals surface area contributed by atoms with Gasteiger partial charge in [-0.1, -0.05) is 36.4 Å². The summed E-state index contributed by atoms with van der Waals surface area (Å²) in [5.74, 6) is -0.931. The van der Waals surface area contributed by atoms with Gasteiger partial charge in [-0.25, -0.2) is 0 Å². The van der Waals surface area contributed by atoms with Crippen LogP contribution in [0.2, 0.25) is 0 Å². The topological polar surface area (TPSA) is 83.6 Å². The van der Waals surface area contributed by atoms with Crippen molar-refractivity contribution < 1.29 is 19.1 Å². The molecule has 1 N–H and O–H groups in total. The zero-order valence-corrected chi connectivity index (χ0v) is 15.9. The number of hydrogen-bond donors (Lipinski definition) is 1. The van der Waals surface area contributed by atoms with Gasteiger partial charge >= 0.3 is 0 Å². The number of rotatable bonds is 6. The summed E-state index contributed by atoms with van der Waals surface area (Å²) in [6.07, 6.45) is 3.82. The number of aliphatic hydroxyl groups excluding tert-OH is 1. The summed E-state index contributed by atoms with van der Waals surface area (Å²) in [7, 11) is 0. The van der Waals surface area contributed by atoms with Crippen LogP contribution in [0.4, 0.5) is 0 Å². The fourth-order valence-electron chi connectivity index (χ4n) is 3.58. The summed E-state index contributed by atoms with van der Waals surface area (Å²) in [6, 6.07) is 15.8. The summed E-state index contributed by atoms with van der Waals surface area (Å²) >= 11 is 0. The molecule has 1 unspecified atom stereocenters. The number of nitrogens with zero attached hydrogens (tertiary/aromatic N) is 2. The molecule has 1 aliphatic rings. The van der Waals surface area contributed by atoms with Crippen LogP contribution < -0.4 is 0 Å². The lowest BCUT2D eigenvalue weighted by molar-refractivity contribution is -0.129. The molecule has 146 valence electrons. The van der Waals surface area contributed by atoms with Gasteiger partial charge in [0.1, 0.15) is 5.76 Å². The zero-order valence-electron chi connectivity index (χ0n) is 15.9. The van der Waals surface area contributed by atoms with Gasteiger partial charge in [0.25, 0.3) is 5.91 Å². The maximum atomic E-state index is 13.1. The number of aromatic nitrogens is 1. The van der Waals surface area contributed by atoms with Crippen molar-refractivity contribution in [1.29, 1.82) is 0 Å². The molecule has 0 bridgehead atoms. The van der Waals surface area contributed by atoms with E-state index in [4.69, 9.17) is 4.42 Å². The second kappa shape index (κ2) is 7.75. The maximum absolute atomic E-state index is 13.1. The van der Waals surface area contributed by atoms with Gasteiger partial charge < -0.3 is 14.4 Å². The highest BCUT2D eigenvalue weighted by Crippen LogP contribution is 2.38. The minimum absolute atomic E-state index is 0.0189. The molecule has 0 spiro atoms. The number of benzene rings is 1. The van der Waals surface area contributed by atoms with E-state index in [9.17, 15) is 14.7 Å². The second-order valence-electron chi connectivity index (χ2n) is 6.92. The predicted molar refractivity (Wildman–Crippen MR) is 106 cm³/mol. The average Bonchev–Trinajstić information content (AvgIpc) is 3.29. The van der Waals surface area contributed by atoms with Crippen molar-refractivity contribution in [1.82, 2.24) is 9.88 Å². The highest BCUT2D eigenvalue weighted by molar-refractivity contribution is 6.15. The molecule has 3 aromatic rings. The average molecular weight is 388 g/mol. The summed E-state index contributed by atoms with van der Waals surface area (Å²) < 4.78 is 5.45. The Morgan fingerprint density at radius 1 is 1.14 bits per heavy atom. The lowest BCUT2D eigenvalue weighted by Crippen LogP contribution is -2.33. The van der Waals surface area contributed by atoms with E-state index in [0.29, 0.717) is 24.3 Å². The van der Waals surface area contributed by atoms with Gasteiger partial charge in [0, 0.05) is 18.9 Å². The van der Waals surface area contributed by atoms with Crippen molar-refractivity contribution in [2.75, 3.05) is 6.54 Å². The molecule has 2 aromatic heterocycles. The van der Waals surface area contributed by atoms with Gasteiger partial charge in [0.15, 0.2) is 11.5 Å². The Bertz CT molecular complexity index is 1070. The third kappa shape index (κ3) is 3.57. The van der Waals surface area contributed by atoms with Crippen molar-refractivity contribution in [3.05, 3.63) is 101 Å². The van der Waals surface area contributed by atoms with Crippen molar-refractivity contribution >= 4 is 11.7 Å². The highest BCUT2D eigenvalue weighted by atomic mass is 16.3. The Hall–Kier alpha value is -3.67. The molecule has 1 aromatic carbocycles. The first-order valence-corrected chi connectivity index (χ1v) is 9.35. The number of amides is 1. The fraction of sp³-hybridized carbons (Fsp3) is 0.174. The number of aryl methyl sites for hydroxylation is 1. The maximum Gasteiger partial charge on any atom is 0.290 e. The van der Waals surface area contributed by atoms with Crippen LogP contribution in [0, 0.1) is 6.92 Å². The van der Waals surface area contributed by atoms with Crippen LogP contribution in [0.5, 0.6) is 0 Å². The minimum Gasteiger partial charge on any atom is -0.503 e. The van der Waals surface area contributed by atoms with Gasteiger partial charge in [-0.3, -0.25) is 14.6 Å². The Labute approximate surface area is 168 Å². The first-order chi connectivity index (χ1) is 14.1. The number of furan rings is 1. The molecule has 0 saturated heterocycles. The van der Waals surface area contributed by atoms with Gasteiger partial charge in [-0.2, -0.15) is 0 Å². The third-order valence-corrected chi connectivity index (χ3v) is 5.00. The third-order valence-electron chi connectivity index (χ3n) is 5.00. The van der Waals surface area contributed by atoms with Gasteiger partial charge in [0.05, 0.1) is 11.6 Å². The predicted octanol–water partition coefficient (Wildman–Crippen LogP) is 3.80. The van der Waals surface area contributed by atoms with Crippen LogP contribution in [0.25, 0.3) is 0 Å². The molecule has 1 atom stereocenters. The summed E-state index contributed by atoms with van der Waals surface area (Å²) in [6.45, 7) is 2.08. The van der Waals surface area contributed by atoms with E-state index in [0.717, 1.165) is 5.56 Å². The SMILES string of the molecule is Cc1ccc(C(=O)C2=C(O)C(=O)N(CCc3ccccc3)C2c2cccnc2)o1. The standard InChI is InChI=1S/C23H20N2O4/c1-15-9-10-18(29-15)21(26)19-20(17-8-5-12-24-14-17)25(23(28)22(19)27)13-11-16-6-3-2-4-7-16/h2-10,12,14,20,27H,11,13H2,1H3. The Kier molecular flexibility index (Phi) is 4.99. The van der Waals surface area contributed by atoms with Crippen LogP contribution in [0.1, 0.15) is 33.5 Å². The Morgan fingerprint density at radius 3 is 2.59 bits per heavy atom. The highest BCUT2D eigenvalue weighted by Gasteiger charge is 2.44. The van der Waals surface area contributed by atoms with E-state index in [1.807, 2.05) is 30.3 Å². The van der Waals surface area contributed by atoms with Crippen LogP contribution >= 0.6 is 0 Å². The second-order valence-corrected chi connectivity index (χ2v) is 6.92. The van der Waals surface area contributed by atoms with Gasteiger partial charge in [-0.05, 0) is 42.7 Å². The number of Topliss-reactive ketones (excluding diaryl/α,β-unsaturated/α-hetero) is 1. The van der Waals surface area contributed by atoms with E-state index in [1.54, 1.807) is 43.6 Å². The number of carbonyl (C=O) groups excluding carboxylic acids is 2. The van der Waals surface area contributed by atoms with Crippen LogP contribution in [0.3, 0.4) is 0 Å². The number of carbonyl (C=O) groups is 2. The first kappa shape index (κ1) is 18.7. The van der Waals surface area contributed by atoms with E-state index in [-0.39, 0.29) is 11.3 Å². The van der Waals surface area contributed by atoms with Crippen LogP contribution in [0.15, 0.2) is 82.7 Å². The number of pyridine rings is 1. The van der Waals surface area contributed by atoms with E-state index in [1.165, 1.54) is 4.90 Å². The lowest BCUT2D eigenvalue weighted by atomic mass is 9.96. The quantitative estimate of drug-likeness (QED) is 0.650. The Balaban J connectivity index is 1.71. The van der Waals surface area contributed by atoms with Crippen molar-refractivity contribution in [2.24, 2.45) is 0 Å². The van der Waals surface area contributed by atoms with Gasteiger partial charge in [-0.15, -0.1) is 0 Å². The molecule has 0 saturated carbocycles. The van der Waals surface area contributed by atoms with Gasteiger partial charge in [0.2, 0.25) is 5.78 Å². The fourth-order valence-corrected chi connectivity index (χ4v) is 3.58. The van der Waals surface area contributed by atoms with Crippen molar-refractivity contribution in [2.45, 2.75) is 19.4 Å². The molecule has 6 heteroatoms. The minimum atomic E-state index is -0.724. The molecule has 4 rings (SSSR count). The largest absolute Gasteiger partial charge is 0.503 e. The molecular weight excluding hydrogens is 368 g/mol. The molecule has 0 aliphatic carbocycles. The van der Waals surface area contributed by atoms with Crippen molar-refractivity contribution in [3.63, 3.8) is 0 Å². The first-order valence-electron chi connectivity index (χ1n) is 9.35. The molecule has 6 nitrogen and oxygen atoms in total. The molecule has 0 fully saturated rings. The summed E-state index contributed by atoms with van der Waals surface area (Å²) in [4.78, 5) is 31.6. The number of aliphatic hydroxyl groups is 1. The summed E-state index contributed by atoms with van der Waals surface area (Å²) in [5, 5.41) is 10.6. The monoisotopic (exact) mass is 388 g/mol. The zero-order chi connectivity index (χ0) is 20.4. The molecule has 0 radical (unpaired) electrons. The number of hydrogen-bond acceptors (Lipinski definition) is 5.